The minimum atomic E-state index is -0.343. The third-order valence-corrected chi connectivity index (χ3v) is 2.82. The fraction of sp³-hybridized carbons (Fsp3) is 0. The van der Waals surface area contributed by atoms with Crippen LogP contribution in [0.2, 0.25) is 0 Å². The summed E-state index contributed by atoms with van der Waals surface area (Å²) in [4.78, 5) is 18.8. The predicted octanol–water partition coefficient (Wildman–Crippen LogP) is 2.30. The van der Waals surface area contributed by atoms with Crippen molar-refractivity contribution in [1.29, 1.82) is 0 Å². The standard InChI is InChI=1S/C14H10N2O2/c17-13-9-5-1-2-6-10(9)16-14(18)12(13)11-7-3-4-8-15-11/h1-8H,(H2,16,17,18). The molecule has 0 saturated carbocycles. The first-order valence-electron chi connectivity index (χ1n) is 5.53. The maximum absolute atomic E-state index is 12.0. The Morgan fingerprint density at radius 3 is 2.61 bits per heavy atom. The van der Waals surface area contributed by atoms with Crippen LogP contribution in [-0.4, -0.2) is 15.1 Å². The number of aromatic nitrogens is 2. The first-order valence-corrected chi connectivity index (χ1v) is 5.53. The minimum Gasteiger partial charge on any atom is -0.506 e. The highest BCUT2D eigenvalue weighted by Crippen LogP contribution is 2.30. The third kappa shape index (κ3) is 1.55. The van der Waals surface area contributed by atoms with E-state index in [1.807, 2.05) is 6.07 Å². The highest BCUT2D eigenvalue weighted by Gasteiger charge is 2.13. The maximum atomic E-state index is 12.0. The van der Waals surface area contributed by atoms with Crippen molar-refractivity contribution in [3.63, 3.8) is 0 Å². The lowest BCUT2D eigenvalue weighted by Gasteiger charge is -2.06. The van der Waals surface area contributed by atoms with Crippen LogP contribution < -0.4 is 5.56 Å². The number of pyridine rings is 2. The Labute approximate surface area is 103 Å². The summed E-state index contributed by atoms with van der Waals surface area (Å²) in [5.74, 6) is -0.0342. The molecule has 0 spiro atoms. The zero-order valence-corrected chi connectivity index (χ0v) is 9.42. The number of rotatable bonds is 1. The molecule has 88 valence electrons. The van der Waals surface area contributed by atoms with Gasteiger partial charge >= 0.3 is 0 Å². The van der Waals surface area contributed by atoms with Crippen LogP contribution in [0.4, 0.5) is 0 Å². The molecule has 1 aromatic carbocycles. The number of para-hydroxylation sites is 1. The lowest BCUT2D eigenvalue weighted by Crippen LogP contribution is -2.09. The second-order valence-corrected chi connectivity index (χ2v) is 3.94. The van der Waals surface area contributed by atoms with Crippen molar-refractivity contribution in [2.45, 2.75) is 0 Å². The van der Waals surface area contributed by atoms with Gasteiger partial charge in [0.2, 0.25) is 0 Å². The van der Waals surface area contributed by atoms with E-state index in [9.17, 15) is 9.90 Å². The van der Waals surface area contributed by atoms with Gasteiger partial charge in [-0.1, -0.05) is 18.2 Å². The molecular formula is C14H10N2O2. The average Bonchev–Trinajstić information content (AvgIpc) is 2.40. The quantitative estimate of drug-likeness (QED) is 0.683. The zero-order chi connectivity index (χ0) is 12.5. The van der Waals surface area contributed by atoms with Crippen LogP contribution in [0.15, 0.2) is 53.5 Å². The van der Waals surface area contributed by atoms with Crippen molar-refractivity contribution >= 4 is 10.9 Å². The number of H-pyrrole nitrogens is 1. The third-order valence-electron chi connectivity index (χ3n) is 2.82. The lowest BCUT2D eigenvalue weighted by atomic mass is 10.1. The van der Waals surface area contributed by atoms with Gasteiger partial charge in [-0.2, -0.15) is 0 Å². The number of hydrogen-bond acceptors (Lipinski definition) is 3. The normalized spacial score (nSPS) is 10.7. The fourth-order valence-electron chi connectivity index (χ4n) is 1.97. The van der Waals surface area contributed by atoms with Gasteiger partial charge in [0.15, 0.2) is 0 Å². The van der Waals surface area contributed by atoms with Crippen LogP contribution in [-0.2, 0) is 0 Å². The van der Waals surface area contributed by atoms with E-state index in [2.05, 4.69) is 9.97 Å². The monoisotopic (exact) mass is 238 g/mol. The van der Waals surface area contributed by atoms with E-state index in [0.29, 0.717) is 16.6 Å². The summed E-state index contributed by atoms with van der Waals surface area (Å²) in [5, 5.41) is 10.8. The van der Waals surface area contributed by atoms with Crippen LogP contribution in [0.1, 0.15) is 0 Å². The number of aromatic amines is 1. The predicted molar refractivity (Wildman–Crippen MR) is 69.5 cm³/mol. The summed E-state index contributed by atoms with van der Waals surface area (Å²) >= 11 is 0. The van der Waals surface area contributed by atoms with Gasteiger partial charge in [0, 0.05) is 11.6 Å². The van der Waals surface area contributed by atoms with Crippen molar-refractivity contribution in [3.8, 4) is 17.0 Å². The van der Waals surface area contributed by atoms with E-state index in [-0.39, 0.29) is 16.9 Å². The Bertz CT molecular complexity index is 764. The average molecular weight is 238 g/mol. The molecule has 0 aliphatic rings. The molecule has 0 saturated heterocycles. The first-order chi connectivity index (χ1) is 8.77. The van der Waals surface area contributed by atoms with Crippen LogP contribution in [0, 0.1) is 0 Å². The van der Waals surface area contributed by atoms with Gasteiger partial charge < -0.3 is 10.1 Å². The van der Waals surface area contributed by atoms with Gasteiger partial charge in [0.05, 0.1) is 11.2 Å². The summed E-state index contributed by atoms with van der Waals surface area (Å²) in [6.45, 7) is 0. The van der Waals surface area contributed by atoms with E-state index < -0.39 is 0 Å². The SMILES string of the molecule is O=c1[nH]c2ccccc2c(O)c1-c1ccccn1. The van der Waals surface area contributed by atoms with Gasteiger partial charge in [0.1, 0.15) is 11.3 Å². The van der Waals surface area contributed by atoms with Gasteiger partial charge in [0.25, 0.3) is 5.56 Å². The molecule has 0 aliphatic carbocycles. The molecule has 0 unspecified atom stereocenters. The van der Waals surface area contributed by atoms with Crippen molar-refractivity contribution < 1.29 is 5.11 Å². The highest BCUT2D eigenvalue weighted by atomic mass is 16.3. The van der Waals surface area contributed by atoms with Crippen molar-refractivity contribution in [2.24, 2.45) is 0 Å². The Morgan fingerprint density at radius 1 is 1.06 bits per heavy atom. The molecule has 0 radical (unpaired) electrons. The number of aromatic hydroxyl groups is 1. The van der Waals surface area contributed by atoms with Gasteiger partial charge in [-0.25, -0.2) is 0 Å². The molecule has 0 bridgehead atoms. The largest absolute Gasteiger partial charge is 0.506 e. The summed E-state index contributed by atoms with van der Waals surface area (Å²) in [6, 6.07) is 12.3. The molecule has 0 amide bonds. The Hall–Kier alpha value is -2.62. The number of nitrogens with one attached hydrogen (secondary N) is 1. The molecule has 0 fully saturated rings. The second kappa shape index (κ2) is 4.00. The van der Waals surface area contributed by atoms with E-state index in [0.717, 1.165) is 0 Å². The number of nitrogens with zero attached hydrogens (tertiary/aromatic N) is 1. The van der Waals surface area contributed by atoms with Crippen LogP contribution >= 0.6 is 0 Å². The number of benzene rings is 1. The van der Waals surface area contributed by atoms with Crippen molar-refractivity contribution in [2.75, 3.05) is 0 Å². The van der Waals surface area contributed by atoms with Crippen LogP contribution in [0.5, 0.6) is 5.75 Å². The Kier molecular flexibility index (Phi) is 2.34. The van der Waals surface area contributed by atoms with Crippen LogP contribution in [0.3, 0.4) is 0 Å². The minimum absolute atomic E-state index is 0.0342. The van der Waals surface area contributed by atoms with E-state index in [4.69, 9.17) is 0 Å². The second-order valence-electron chi connectivity index (χ2n) is 3.94. The molecule has 3 aromatic rings. The lowest BCUT2D eigenvalue weighted by molar-refractivity contribution is 0.482. The molecule has 18 heavy (non-hydrogen) atoms. The van der Waals surface area contributed by atoms with Crippen molar-refractivity contribution in [1.82, 2.24) is 9.97 Å². The Balaban J connectivity index is 2.41. The molecule has 0 aliphatic heterocycles. The summed E-state index contributed by atoms with van der Waals surface area (Å²) < 4.78 is 0. The molecule has 2 aromatic heterocycles. The van der Waals surface area contributed by atoms with Crippen LogP contribution in [0.25, 0.3) is 22.2 Å². The van der Waals surface area contributed by atoms with E-state index in [1.165, 1.54) is 0 Å². The number of hydrogen-bond donors (Lipinski definition) is 2. The molecule has 2 heterocycles. The topological polar surface area (TPSA) is 66.0 Å². The molecular weight excluding hydrogens is 228 g/mol. The Morgan fingerprint density at radius 2 is 1.83 bits per heavy atom. The van der Waals surface area contributed by atoms with Crippen molar-refractivity contribution in [3.05, 3.63) is 59.0 Å². The maximum Gasteiger partial charge on any atom is 0.261 e. The fourth-order valence-corrected chi connectivity index (χ4v) is 1.97. The van der Waals surface area contributed by atoms with E-state index in [1.54, 1.807) is 42.6 Å². The molecule has 0 atom stereocenters. The molecule has 3 rings (SSSR count). The smallest absolute Gasteiger partial charge is 0.261 e. The summed E-state index contributed by atoms with van der Waals surface area (Å²) in [7, 11) is 0. The van der Waals surface area contributed by atoms with Gasteiger partial charge in [-0.3, -0.25) is 9.78 Å². The molecule has 2 N–H and O–H groups in total. The number of fused-ring (bicyclic) bond motifs is 1. The zero-order valence-electron chi connectivity index (χ0n) is 9.42. The van der Waals surface area contributed by atoms with E-state index >= 15 is 0 Å². The summed E-state index contributed by atoms with van der Waals surface area (Å²) in [6.07, 6.45) is 1.59. The molecule has 4 heteroatoms. The summed E-state index contributed by atoms with van der Waals surface area (Å²) in [5.41, 5.74) is 0.931. The van der Waals surface area contributed by atoms with Gasteiger partial charge in [-0.05, 0) is 24.3 Å². The van der Waals surface area contributed by atoms with Gasteiger partial charge in [-0.15, -0.1) is 0 Å². The molecule has 4 nitrogen and oxygen atoms in total. The highest BCUT2D eigenvalue weighted by molar-refractivity contribution is 5.90. The first kappa shape index (κ1) is 10.5.